The van der Waals surface area contributed by atoms with Crippen LogP contribution in [-0.4, -0.2) is 63.1 Å². The molecule has 3 N–H and O–H groups in total. The first-order valence-electron chi connectivity index (χ1n) is 13.7. The fourth-order valence-electron chi connectivity index (χ4n) is 4.14. The summed E-state index contributed by atoms with van der Waals surface area (Å²) in [6.07, 6.45) is 6.82. The van der Waals surface area contributed by atoms with E-state index in [0.717, 1.165) is 25.7 Å². The number of nitrogens with one attached hydrogen (secondary N) is 3. The van der Waals surface area contributed by atoms with Gasteiger partial charge in [-0.05, 0) is 59.4 Å². The van der Waals surface area contributed by atoms with Gasteiger partial charge in [0.15, 0.2) is 0 Å². The molecule has 0 aromatic carbocycles. The van der Waals surface area contributed by atoms with Crippen LogP contribution in [-0.2, 0) is 9.53 Å². The van der Waals surface area contributed by atoms with Crippen LogP contribution in [0.1, 0.15) is 72.3 Å². The molecule has 40 heavy (non-hydrogen) atoms. The number of likely N-dealkylation sites (N-methyl/N-ethyl adjacent to an activating group) is 1. The van der Waals surface area contributed by atoms with E-state index < -0.39 is 23.7 Å². The van der Waals surface area contributed by atoms with Gasteiger partial charge in [0.2, 0.25) is 17.8 Å². The first-order valence-corrected chi connectivity index (χ1v) is 13.7. The summed E-state index contributed by atoms with van der Waals surface area (Å²) in [6, 6.07) is 2.20. The van der Waals surface area contributed by atoms with Crippen LogP contribution in [0.25, 0.3) is 0 Å². The highest BCUT2D eigenvalue weighted by Crippen LogP contribution is 2.25. The average Bonchev–Trinajstić information content (AvgIpc) is 2.89. The van der Waals surface area contributed by atoms with Crippen LogP contribution in [0, 0.1) is 23.7 Å². The molecule has 0 spiro atoms. The van der Waals surface area contributed by atoms with Gasteiger partial charge in [-0.15, -0.1) is 0 Å². The Morgan fingerprint density at radius 3 is 2.75 bits per heavy atom. The molecule has 1 aliphatic rings. The molecular weight excluding hydrogens is 513 g/mol. The number of rotatable bonds is 8. The average molecular weight is 554 g/mol. The molecule has 2 aromatic heterocycles. The van der Waals surface area contributed by atoms with E-state index in [1.807, 2.05) is 0 Å². The normalized spacial score (nSPS) is 17.6. The van der Waals surface area contributed by atoms with Gasteiger partial charge in [-0.2, -0.15) is 9.37 Å². The van der Waals surface area contributed by atoms with E-state index in [-0.39, 0.29) is 17.9 Å². The number of hydrogen-bond acceptors (Lipinski definition) is 8. The molecule has 2 aromatic rings. The molecule has 0 radical (unpaired) electrons. The fourth-order valence-corrected chi connectivity index (χ4v) is 4.14. The van der Waals surface area contributed by atoms with Crippen molar-refractivity contribution in [3.63, 3.8) is 0 Å². The van der Waals surface area contributed by atoms with Crippen LogP contribution < -0.4 is 16.0 Å². The number of ether oxygens (including phenoxy) is 1. The van der Waals surface area contributed by atoms with Crippen LogP contribution in [0.2, 0.25) is 0 Å². The van der Waals surface area contributed by atoms with Crippen molar-refractivity contribution >= 4 is 29.5 Å². The highest BCUT2D eigenvalue weighted by atomic mass is 19.1. The van der Waals surface area contributed by atoms with Gasteiger partial charge in [0.1, 0.15) is 17.5 Å². The van der Waals surface area contributed by atoms with E-state index in [9.17, 15) is 14.0 Å². The van der Waals surface area contributed by atoms with Crippen molar-refractivity contribution in [2.75, 3.05) is 24.2 Å². The van der Waals surface area contributed by atoms with Crippen molar-refractivity contribution in [3.05, 3.63) is 36.0 Å². The van der Waals surface area contributed by atoms with Crippen molar-refractivity contribution in [2.24, 2.45) is 5.92 Å². The summed E-state index contributed by atoms with van der Waals surface area (Å²) in [4.78, 5) is 39.0. The maximum absolute atomic E-state index is 13.4. The van der Waals surface area contributed by atoms with Crippen LogP contribution in [0.4, 0.5) is 26.6 Å². The van der Waals surface area contributed by atoms with Gasteiger partial charge in [0.05, 0.1) is 11.8 Å². The summed E-state index contributed by atoms with van der Waals surface area (Å²) in [7, 11) is 1.57. The van der Waals surface area contributed by atoms with Gasteiger partial charge >= 0.3 is 6.09 Å². The smallest absolute Gasteiger partial charge is 0.410 e. The molecule has 2 heterocycles. The third-order valence-electron chi connectivity index (χ3n) is 6.39. The molecule has 1 fully saturated rings. The zero-order chi connectivity index (χ0) is 29.3. The van der Waals surface area contributed by atoms with Crippen molar-refractivity contribution in [2.45, 2.75) is 84.4 Å². The second kappa shape index (κ2) is 13.9. The number of hydrogen-bond donors (Lipinski definition) is 3. The maximum Gasteiger partial charge on any atom is 0.410 e. The van der Waals surface area contributed by atoms with E-state index in [4.69, 9.17) is 4.74 Å². The largest absolute Gasteiger partial charge is 0.444 e. The van der Waals surface area contributed by atoms with Gasteiger partial charge < -0.3 is 20.7 Å². The zero-order valence-electron chi connectivity index (χ0n) is 24.2. The lowest BCUT2D eigenvalue weighted by Crippen LogP contribution is -2.50. The Morgan fingerprint density at radius 1 is 1.27 bits per heavy atom. The Hall–Kier alpha value is -3.94. The Balaban J connectivity index is 1.64. The maximum atomic E-state index is 13.4. The second-order valence-corrected chi connectivity index (χ2v) is 11.0. The predicted octanol–water partition coefficient (Wildman–Crippen LogP) is 4.86. The molecule has 1 aliphatic carbocycles. The van der Waals surface area contributed by atoms with Gasteiger partial charge in [0, 0.05) is 43.5 Å². The van der Waals surface area contributed by atoms with E-state index in [1.165, 1.54) is 17.2 Å². The molecular formula is C29H40FN7O3. The summed E-state index contributed by atoms with van der Waals surface area (Å²) >= 11 is 0. The van der Waals surface area contributed by atoms with E-state index >= 15 is 0 Å². The number of nitrogens with zero attached hydrogens (tertiary/aromatic N) is 4. The van der Waals surface area contributed by atoms with Crippen LogP contribution in [0.15, 0.2) is 24.5 Å². The Labute approximate surface area is 235 Å². The quantitative estimate of drug-likeness (QED) is 0.313. The van der Waals surface area contributed by atoms with Gasteiger partial charge in [0.25, 0.3) is 0 Å². The van der Waals surface area contributed by atoms with Crippen LogP contribution in [0.5, 0.6) is 0 Å². The standard InChI is InChI=1S/C29H40FN7O3/c1-7-14-32-25-21(18-33-27(36-25)35-23-13-15-31-24(30)17-23)12-11-20-9-8-10-22(16-20)34-26(38)19(2)37(6)28(39)40-29(3,4)5/h13,15,17-20,22H,7-10,14,16H2,1-6H3,(H,34,38)(H2,31,32,33,35,36)/t19-,20-,22-/m0/s1. The predicted molar refractivity (Wildman–Crippen MR) is 153 cm³/mol. The Bertz CT molecular complexity index is 1240. The number of carbonyl (C=O) groups excluding carboxylic acids is 2. The lowest BCUT2D eigenvalue weighted by atomic mass is 9.86. The van der Waals surface area contributed by atoms with Crippen molar-refractivity contribution in [1.29, 1.82) is 0 Å². The van der Waals surface area contributed by atoms with Crippen molar-refractivity contribution < 1.29 is 18.7 Å². The number of pyridine rings is 1. The highest BCUT2D eigenvalue weighted by molar-refractivity contribution is 5.85. The molecule has 0 saturated heterocycles. The SMILES string of the molecule is CCCNc1nc(Nc2ccnc(F)c2)ncc1C#C[C@@H]1CCC[C@H](NC(=O)[C@H](C)N(C)C(=O)OC(C)(C)C)C1. The summed E-state index contributed by atoms with van der Waals surface area (Å²) in [6.45, 7) is 9.82. The van der Waals surface area contributed by atoms with Crippen LogP contribution in [0.3, 0.4) is 0 Å². The first-order chi connectivity index (χ1) is 18.9. The second-order valence-electron chi connectivity index (χ2n) is 11.0. The Kier molecular flexibility index (Phi) is 10.6. The molecule has 0 unspecified atom stereocenters. The minimum Gasteiger partial charge on any atom is -0.444 e. The molecule has 10 nitrogen and oxygen atoms in total. The minimum atomic E-state index is -0.665. The molecule has 0 bridgehead atoms. The van der Waals surface area contributed by atoms with Crippen LogP contribution >= 0.6 is 0 Å². The molecule has 216 valence electrons. The lowest BCUT2D eigenvalue weighted by molar-refractivity contribution is -0.126. The first kappa shape index (κ1) is 30.6. The van der Waals surface area contributed by atoms with E-state index in [1.54, 1.807) is 47.0 Å². The number of anilines is 3. The molecule has 2 amide bonds. The summed E-state index contributed by atoms with van der Waals surface area (Å²) in [5.41, 5.74) is 0.525. The van der Waals surface area contributed by atoms with E-state index in [0.29, 0.717) is 36.0 Å². The van der Waals surface area contributed by atoms with Crippen molar-refractivity contribution in [1.82, 2.24) is 25.2 Å². The minimum absolute atomic E-state index is 0.0312. The molecule has 11 heteroatoms. The summed E-state index contributed by atoms with van der Waals surface area (Å²) in [5, 5.41) is 9.37. The number of amides is 2. The molecule has 3 rings (SSSR count). The molecule has 3 atom stereocenters. The monoisotopic (exact) mass is 553 g/mol. The van der Waals surface area contributed by atoms with Gasteiger partial charge in [-0.3, -0.25) is 9.69 Å². The van der Waals surface area contributed by atoms with Crippen molar-refractivity contribution in [3.8, 4) is 11.8 Å². The topological polar surface area (TPSA) is 121 Å². The zero-order valence-corrected chi connectivity index (χ0v) is 24.2. The summed E-state index contributed by atoms with van der Waals surface area (Å²) in [5.74, 6) is 6.77. The number of aromatic nitrogens is 3. The summed E-state index contributed by atoms with van der Waals surface area (Å²) < 4.78 is 18.8. The van der Waals surface area contributed by atoms with E-state index in [2.05, 4.69) is 49.7 Å². The third-order valence-corrected chi connectivity index (χ3v) is 6.39. The van der Waals surface area contributed by atoms with Gasteiger partial charge in [-0.25, -0.2) is 14.8 Å². The molecule has 1 saturated carbocycles. The van der Waals surface area contributed by atoms with Gasteiger partial charge in [-0.1, -0.05) is 25.2 Å². The lowest BCUT2D eigenvalue weighted by Gasteiger charge is -2.31. The number of halogens is 1. The Morgan fingerprint density at radius 2 is 2.05 bits per heavy atom. The molecule has 0 aliphatic heterocycles. The third kappa shape index (κ3) is 9.36. The highest BCUT2D eigenvalue weighted by Gasteiger charge is 2.29. The number of carbonyl (C=O) groups is 2. The fraction of sp³-hybridized carbons (Fsp3) is 0.552.